The molecule has 0 bridgehead atoms. The Morgan fingerprint density at radius 1 is 1.50 bits per heavy atom. The first-order chi connectivity index (χ1) is 5.61. The summed E-state index contributed by atoms with van der Waals surface area (Å²) in [6, 6.07) is 1.85. The zero-order chi connectivity index (χ0) is 9.56. The number of carbonyl (C=O) groups excluding carboxylic acids is 1. The van der Waals surface area contributed by atoms with Crippen molar-refractivity contribution < 1.29 is 9.53 Å². The Labute approximate surface area is 72.6 Å². The summed E-state index contributed by atoms with van der Waals surface area (Å²) in [4.78, 5) is 10.9. The predicted octanol–water partition coefficient (Wildman–Crippen LogP) is 1.51. The number of hydrogen-bond donors (Lipinski definition) is 0. The predicted molar refractivity (Wildman–Crippen MR) is 45.1 cm³/mol. The summed E-state index contributed by atoms with van der Waals surface area (Å²) in [6.07, 6.45) is 3.38. The Balaban J connectivity index is 4.20. The lowest BCUT2D eigenvalue weighted by atomic mass is 10.1. The van der Waals surface area contributed by atoms with Gasteiger partial charge in [-0.2, -0.15) is 5.26 Å². The van der Waals surface area contributed by atoms with Crippen molar-refractivity contribution in [3.63, 3.8) is 0 Å². The van der Waals surface area contributed by atoms with Crippen molar-refractivity contribution in [3.8, 4) is 6.07 Å². The summed E-state index contributed by atoms with van der Waals surface area (Å²) in [6.45, 7) is 3.95. The van der Waals surface area contributed by atoms with E-state index in [1.807, 2.05) is 26.0 Å². The van der Waals surface area contributed by atoms with Crippen LogP contribution in [0.4, 0.5) is 0 Å². The van der Waals surface area contributed by atoms with Crippen LogP contribution < -0.4 is 0 Å². The summed E-state index contributed by atoms with van der Waals surface area (Å²) in [5, 5.41) is 8.54. The minimum Gasteiger partial charge on any atom is -0.468 e. The molecule has 0 aliphatic carbocycles. The van der Waals surface area contributed by atoms with Crippen molar-refractivity contribution in [1.29, 1.82) is 5.26 Å². The van der Waals surface area contributed by atoms with E-state index in [0.717, 1.165) is 0 Å². The van der Waals surface area contributed by atoms with Crippen molar-refractivity contribution in [1.82, 2.24) is 0 Å². The average Bonchev–Trinajstić information content (AvgIpc) is 2.04. The largest absolute Gasteiger partial charge is 0.468 e. The molecular formula is C9H13NO2. The molecule has 0 aliphatic rings. The number of methoxy groups -OCH3 is 1. The molecule has 0 unspecified atom stereocenters. The summed E-state index contributed by atoms with van der Waals surface area (Å²) in [5.74, 6) is -0.933. The zero-order valence-electron chi connectivity index (χ0n) is 7.57. The van der Waals surface area contributed by atoms with Gasteiger partial charge in [0.1, 0.15) is 0 Å². The van der Waals surface area contributed by atoms with Crippen molar-refractivity contribution in [2.75, 3.05) is 7.11 Å². The Morgan fingerprint density at radius 3 is 2.42 bits per heavy atom. The van der Waals surface area contributed by atoms with E-state index in [2.05, 4.69) is 4.74 Å². The normalized spacial score (nSPS) is 12.9. The van der Waals surface area contributed by atoms with Crippen LogP contribution in [0.15, 0.2) is 12.2 Å². The monoisotopic (exact) mass is 167 g/mol. The first-order valence-corrected chi connectivity index (χ1v) is 3.77. The summed E-state index contributed by atoms with van der Waals surface area (Å²) in [7, 11) is 1.27. The molecule has 0 aromatic carbocycles. The van der Waals surface area contributed by atoms with Gasteiger partial charge in [-0.1, -0.05) is 26.0 Å². The van der Waals surface area contributed by atoms with E-state index in [-0.39, 0.29) is 0 Å². The maximum Gasteiger partial charge on any atom is 0.327 e. The Morgan fingerprint density at radius 2 is 2.08 bits per heavy atom. The summed E-state index contributed by atoms with van der Waals surface area (Å²) < 4.78 is 4.42. The number of rotatable bonds is 3. The standard InChI is InChI=1S/C9H13NO2/c1-7(2)4-5-8(6-10)9(11)12-3/h4-5,7-8H,1-3H3/t8-/m0/s1. The molecule has 0 radical (unpaired) electrons. The van der Waals surface area contributed by atoms with Gasteiger partial charge in [0.2, 0.25) is 0 Å². The number of esters is 1. The summed E-state index contributed by atoms with van der Waals surface area (Å²) >= 11 is 0. The molecule has 0 fully saturated rings. The molecule has 3 heteroatoms. The molecule has 0 aromatic rings. The van der Waals surface area contributed by atoms with Crippen molar-refractivity contribution in [2.45, 2.75) is 13.8 Å². The van der Waals surface area contributed by atoms with E-state index in [4.69, 9.17) is 5.26 Å². The molecule has 0 saturated carbocycles. The number of nitrogens with zero attached hydrogens (tertiary/aromatic N) is 1. The van der Waals surface area contributed by atoms with Gasteiger partial charge in [0, 0.05) is 0 Å². The quantitative estimate of drug-likeness (QED) is 0.473. The van der Waals surface area contributed by atoms with E-state index >= 15 is 0 Å². The highest BCUT2D eigenvalue weighted by Gasteiger charge is 2.13. The molecule has 1 atom stereocenters. The van der Waals surface area contributed by atoms with E-state index in [1.165, 1.54) is 7.11 Å². The topological polar surface area (TPSA) is 50.1 Å². The Hall–Kier alpha value is -1.30. The van der Waals surface area contributed by atoms with Gasteiger partial charge in [-0.25, -0.2) is 0 Å². The van der Waals surface area contributed by atoms with E-state index in [0.29, 0.717) is 5.92 Å². The average molecular weight is 167 g/mol. The highest BCUT2D eigenvalue weighted by Crippen LogP contribution is 2.03. The van der Waals surface area contributed by atoms with Gasteiger partial charge < -0.3 is 4.74 Å². The molecule has 0 rings (SSSR count). The minimum absolute atomic E-state index is 0.338. The van der Waals surface area contributed by atoms with Gasteiger partial charge >= 0.3 is 5.97 Å². The number of carbonyl (C=O) groups is 1. The van der Waals surface area contributed by atoms with E-state index in [9.17, 15) is 4.79 Å². The van der Waals surface area contributed by atoms with Crippen LogP contribution in [-0.4, -0.2) is 13.1 Å². The van der Waals surface area contributed by atoms with Crippen LogP contribution in [0.2, 0.25) is 0 Å². The second-order valence-corrected chi connectivity index (χ2v) is 2.76. The number of ether oxygens (including phenoxy) is 1. The lowest BCUT2D eigenvalue weighted by Crippen LogP contribution is -2.11. The second kappa shape index (κ2) is 5.36. The first-order valence-electron chi connectivity index (χ1n) is 3.77. The maximum atomic E-state index is 10.9. The molecular weight excluding hydrogens is 154 g/mol. The van der Waals surface area contributed by atoms with Crippen LogP contribution in [0.5, 0.6) is 0 Å². The van der Waals surface area contributed by atoms with Crippen LogP contribution in [0.1, 0.15) is 13.8 Å². The van der Waals surface area contributed by atoms with Gasteiger partial charge in [0.25, 0.3) is 0 Å². The lowest BCUT2D eigenvalue weighted by molar-refractivity contribution is -0.142. The SMILES string of the molecule is COC(=O)[C@H](C#N)C=CC(C)C. The highest BCUT2D eigenvalue weighted by molar-refractivity contribution is 5.77. The molecule has 66 valence electrons. The molecule has 0 aromatic heterocycles. The van der Waals surface area contributed by atoms with Crippen molar-refractivity contribution >= 4 is 5.97 Å². The third-order valence-corrected chi connectivity index (χ3v) is 1.28. The first kappa shape index (κ1) is 10.7. The summed E-state index contributed by atoms with van der Waals surface area (Å²) in [5.41, 5.74) is 0. The lowest BCUT2D eigenvalue weighted by Gasteiger charge is -2.00. The molecule has 0 aliphatic heterocycles. The smallest absolute Gasteiger partial charge is 0.327 e. The van der Waals surface area contributed by atoms with Crippen LogP contribution in [0, 0.1) is 23.2 Å². The third kappa shape index (κ3) is 3.77. The molecule has 0 spiro atoms. The van der Waals surface area contributed by atoms with Gasteiger partial charge in [-0.3, -0.25) is 4.79 Å². The van der Waals surface area contributed by atoms with Crippen LogP contribution in [0.25, 0.3) is 0 Å². The maximum absolute atomic E-state index is 10.9. The number of hydrogen-bond acceptors (Lipinski definition) is 3. The number of nitriles is 1. The van der Waals surface area contributed by atoms with Crippen LogP contribution in [-0.2, 0) is 9.53 Å². The Kier molecular flexibility index (Phi) is 4.78. The second-order valence-electron chi connectivity index (χ2n) is 2.76. The fourth-order valence-electron chi connectivity index (χ4n) is 0.635. The molecule has 0 amide bonds. The van der Waals surface area contributed by atoms with E-state index < -0.39 is 11.9 Å². The fourth-order valence-corrected chi connectivity index (χ4v) is 0.635. The fraction of sp³-hybridized carbons (Fsp3) is 0.556. The van der Waals surface area contributed by atoms with Gasteiger partial charge in [-0.15, -0.1) is 0 Å². The molecule has 0 saturated heterocycles. The van der Waals surface area contributed by atoms with Gasteiger partial charge in [0.05, 0.1) is 13.2 Å². The minimum atomic E-state index is -0.766. The van der Waals surface area contributed by atoms with Crippen LogP contribution in [0.3, 0.4) is 0 Å². The highest BCUT2D eigenvalue weighted by atomic mass is 16.5. The van der Waals surface area contributed by atoms with Gasteiger partial charge in [-0.05, 0) is 5.92 Å². The Bertz CT molecular complexity index is 213. The van der Waals surface area contributed by atoms with Crippen molar-refractivity contribution in [2.24, 2.45) is 11.8 Å². The molecule has 0 N–H and O–H groups in total. The van der Waals surface area contributed by atoms with Gasteiger partial charge in [0.15, 0.2) is 5.92 Å². The molecule has 0 heterocycles. The third-order valence-electron chi connectivity index (χ3n) is 1.28. The van der Waals surface area contributed by atoms with Crippen molar-refractivity contribution in [3.05, 3.63) is 12.2 Å². The molecule has 12 heavy (non-hydrogen) atoms. The zero-order valence-corrected chi connectivity index (χ0v) is 7.57. The molecule has 3 nitrogen and oxygen atoms in total. The van der Waals surface area contributed by atoms with Crippen LogP contribution >= 0.6 is 0 Å². The van der Waals surface area contributed by atoms with E-state index in [1.54, 1.807) is 6.08 Å². The number of allylic oxidation sites excluding steroid dienone is 1.